The number of carbonyl (C=O) groups is 1. The second-order valence-electron chi connectivity index (χ2n) is 5.10. The SMILES string of the molecule is CC(=O)NC[C@@]1(CO)O[C@H](n2cc(I)c(=O)[nH]c2=O)CC1O. The van der Waals surface area contributed by atoms with Crippen LogP contribution in [0.1, 0.15) is 19.6 Å². The fourth-order valence-corrected chi connectivity index (χ4v) is 2.72. The summed E-state index contributed by atoms with van der Waals surface area (Å²) in [6, 6.07) is 0. The predicted octanol–water partition coefficient (Wildman–Crippen LogP) is -1.71. The summed E-state index contributed by atoms with van der Waals surface area (Å²) in [5, 5.41) is 22.2. The van der Waals surface area contributed by atoms with Crippen molar-refractivity contribution in [3.63, 3.8) is 0 Å². The molecule has 1 aliphatic heterocycles. The van der Waals surface area contributed by atoms with Crippen LogP contribution in [0, 0.1) is 3.57 Å². The Morgan fingerprint density at radius 1 is 1.64 bits per heavy atom. The number of aromatic nitrogens is 2. The van der Waals surface area contributed by atoms with Gasteiger partial charge in [0.25, 0.3) is 5.56 Å². The Labute approximate surface area is 138 Å². The number of hydrogen-bond acceptors (Lipinski definition) is 6. The summed E-state index contributed by atoms with van der Waals surface area (Å²) in [6.07, 6.45) is -0.563. The maximum Gasteiger partial charge on any atom is 0.330 e. The number of aliphatic hydroxyl groups excluding tert-OH is 2. The Balaban J connectivity index is 2.29. The molecule has 2 heterocycles. The van der Waals surface area contributed by atoms with Gasteiger partial charge < -0.3 is 20.3 Å². The second kappa shape index (κ2) is 6.48. The van der Waals surface area contributed by atoms with Crippen LogP contribution in [0.5, 0.6) is 0 Å². The van der Waals surface area contributed by atoms with Gasteiger partial charge in [0.1, 0.15) is 11.8 Å². The molecule has 0 radical (unpaired) electrons. The first-order valence-electron chi connectivity index (χ1n) is 6.51. The lowest BCUT2D eigenvalue weighted by Crippen LogP contribution is -2.52. The van der Waals surface area contributed by atoms with Crippen LogP contribution in [0.15, 0.2) is 15.8 Å². The average Bonchev–Trinajstić information content (AvgIpc) is 2.78. The second-order valence-corrected chi connectivity index (χ2v) is 6.26. The van der Waals surface area contributed by atoms with Gasteiger partial charge in [0.15, 0.2) is 0 Å². The van der Waals surface area contributed by atoms with Gasteiger partial charge in [-0.3, -0.25) is 19.1 Å². The van der Waals surface area contributed by atoms with E-state index < -0.39 is 35.8 Å². The van der Waals surface area contributed by atoms with Gasteiger partial charge in [-0.2, -0.15) is 0 Å². The van der Waals surface area contributed by atoms with Gasteiger partial charge in [-0.05, 0) is 22.6 Å². The maximum atomic E-state index is 11.9. The molecule has 10 heteroatoms. The van der Waals surface area contributed by atoms with Crippen molar-refractivity contribution in [3.8, 4) is 0 Å². The Morgan fingerprint density at radius 3 is 2.91 bits per heavy atom. The van der Waals surface area contributed by atoms with Crippen LogP contribution in [-0.4, -0.2) is 50.5 Å². The van der Waals surface area contributed by atoms with E-state index in [9.17, 15) is 24.6 Å². The fraction of sp³-hybridized carbons (Fsp3) is 0.583. The van der Waals surface area contributed by atoms with E-state index in [2.05, 4.69) is 10.3 Å². The van der Waals surface area contributed by atoms with Crippen LogP contribution in [-0.2, 0) is 9.53 Å². The number of rotatable bonds is 4. The zero-order valence-corrected chi connectivity index (χ0v) is 13.9. The van der Waals surface area contributed by atoms with Crippen LogP contribution in [0.3, 0.4) is 0 Å². The molecule has 0 spiro atoms. The van der Waals surface area contributed by atoms with Crippen LogP contribution in [0.2, 0.25) is 0 Å². The number of aromatic amines is 1. The van der Waals surface area contributed by atoms with Crippen molar-refractivity contribution < 1.29 is 19.7 Å². The molecule has 4 N–H and O–H groups in total. The first kappa shape index (κ1) is 17.1. The number of hydrogen-bond donors (Lipinski definition) is 4. The molecule has 1 aliphatic rings. The lowest BCUT2D eigenvalue weighted by molar-refractivity contribution is -0.134. The highest BCUT2D eigenvalue weighted by atomic mass is 127. The lowest BCUT2D eigenvalue weighted by atomic mass is 9.97. The summed E-state index contributed by atoms with van der Waals surface area (Å²) < 4.78 is 7.09. The largest absolute Gasteiger partial charge is 0.393 e. The van der Waals surface area contributed by atoms with Gasteiger partial charge in [0.05, 0.1) is 22.8 Å². The van der Waals surface area contributed by atoms with Crippen LogP contribution in [0.25, 0.3) is 0 Å². The summed E-state index contributed by atoms with van der Waals surface area (Å²) in [7, 11) is 0. The molecule has 0 saturated carbocycles. The van der Waals surface area contributed by atoms with Gasteiger partial charge in [-0.25, -0.2) is 4.79 Å². The lowest BCUT2D eigenvalue weighted by Gasteiger charge is -2.30. The molecule has 1 aromatic heterocycles. The topological polar surface area (TPSA) is 134 Å². The monoisotopic (exact) mass is 425 g/mol. The van der Waals surface area contributed by atoms with E-state index in [0.29, 0.717) is 3.57 Å². The van der Waals surface area contributed by atoms with Gasteiger partial charge in [-0.15, -0.1) is 0 Å². The van der Waals surface area contributed by atoms with Crippen LogP contribution >= 0.6 is 22.6 Å². The molecule has 9 nitrogen and oxygen atoms in total. The Hall–Kier alpha value is -1.24. The van der Waals surface area contributed by atoms with Crippen LogP contribution < -0.4 is 16.6 Å². The normalized spacial score (nSPS) is 27.8. The molecule has 1 unspecified atom stereocenters. The molecule has 1 aromatic rings. The minimum atomic E-state index is -1.39. The predicted molar refractivity (Wildman–Crippen MR) is 83.3 cm³/mol. The van der Waals surface area contributed by atoms with Crippen molar-refractivity contribution >= 4 is 28.5 Å². The summed E-state index contributed by atoms with van der Waals surface area (Å²) >= 11 is 1.77. The Bertz CT molecular complexity index is 686. The molecule has 3 atom stereocenters. The molecule has 0 bridgehead atoms. The van der Waals surface area contributed by atoms with E-state index in [1.54, 1.807) is 22.6 Å². The quantitative estimate of drug-likeness (QED) is 0.425. The molecule has 1 fully saturated rings. The molecule has 122 valence electrons. The Morgan fingerprint density at radius 2 is 2.32 bits per heavy atom. The highest BCUT2D eigenvalue weighted by Crippen LogP contribution is 2.35. The van der Waals surface area contributed by atoms with Gasteiger partial charge in [-0.1, -0.05) is 0 Å². The summed E-state index contributed by atoms with van der Waals surface area (Å²) in [4.78, 5) is 36.4. The highest BCUT2D eigenvalue weighted by Gasteiger charge is 2.48. The van der Waals surface area contributed by atoms with Crippen molar-refractivity contribution in [1.82, 2.24) is 14.9 Å². The van der Waals surface area contributed by atoms with Crippen molar-refractivity contribution in [2.75, 3.05) is 13.2 Å². The molecule has 2 rings (SSSR count). The average molecular weight is 425 g/mol. The van der Waals surface area contributed by atoms with E-state index in [1.807, 2.05) is 0 Å². The smallest absolute Gasteiger partial charge is 0.330 e. The molecule has 1 amide bonds. The molecular formula is C12H16IN3O6. The standard InChI is InChI=1S/C12H16IN3O6/c1-6(18)14-4-12(5-17)8(19)2-9(22-12)16-3-7(13)10(20)15-11(16)21/h3,8-9,17,19H,2,4-5H2,1H3,(H,14,18)(H,15,20,21)/t8?,9-,12-/m0/s1. The third-order valence-corrected chi connectivity index (χ3v) is 4.31. The fourth-order valence-electron chi connectivity index (χ4n) is 2.28. The van der Waals surface area contributed by atoms with Gasteiger partial charge in [0, 0.05) is 19.5 Å². The number of H-pyrrole nitrogens is 1. The summed E-state index contributed by atoms with van der Waals surface area (Å²) in [5.41, 5.74) is -2.57. The maximum absolute atomic E-state index is 11.9. The van der Waals surface area contributed by atoms with Crippen molar-refractivity contribution in [3.05, 3.63) is 30.6 Å². The first-order valence-corrected chi connectivity index (χ1v) is 7.59. The third-order valence-electron chi connectivity index (χ3n) is 3.54. The minimum Gasteiger partial charge on any atom is -0.393 e. The third kappa shape index (κ3) is 3.24. The van der Waals surface area contributed by atoms with Crippen LogP contribution in [0.4, 0.5) is 0 Å². The van der Waals surface area contributed by atoms with Crippen molar-refractivity contribution in [1.29, 1.82) is 0 Å². The van der Waals surface area contributed by atoms with Crippen molar-refractivity contribution in [2.45, 2.75) is 31.3 Å². The number of amides is 1. The summed E-state index contributed by atoms with van der Waals surface area (Å²) in [6.45, 7) is 0.685. The molecule has 0 aromatic carbocycles. The van der Waals surface area contributed by atoms with E-state index in [4.69, 9.17) is 4.74 Å². The molecular weight excluding hydrogens is 409 g/mol. The summed E-state index contributed by atoms with van der Waals surface area (Å²) in [5.74, 6) is -0.331. The van der Waals surface area contributed by atoms with Gasteiger partial charge in [0.2, 0.25) is 5.91 Å². The number of nitrogens with one attached hydrogen (secondary N) is 2. The Kier molecular flexibility index (Phi) is 5.04. The molecule has 1 saturated heterocycles. The van der Waals surface area contributed by atoms with E-state index in [1.165, 1.54) is 13.1 Å². The highest BCUT2D eigenvalue weighted by molar-refractivity contribution is 14.1. The minimum absolute atomic E-state index is 0.0438. The molecule has 0 aliphatic carbocycles. The number of nitrogens with zero attached hydrogens (tertiary/aromatic N) is 1. The van der Waals surface area contributed by atoms with E-state index >= 15 is 0 Å². The number of halogens is 1. The zero-order valence-electron chi connectivity index (χ0n) is 11.7. The zero-order chi connectivity index (χ0) is 16.5. The van der Waals surface area contributed by atoms with Crippen molar-refractivity contribution in [2.24, 2.45) is 0 Å². The number of ether oxygens (including phenoxy) is 1. The molecule has 22 heavy (non-hydrogen) atoms. The van der Waals surface area contributed by atoms with E-state index in [-0.39, 0.29) is 18.9 Å². The van der Waals surface area contributed by atoms with E-state index in [0.717, 1.165) is 4.57 Å². The first-order chi connectivity index (χ1) is 10.3. The number of aliphatic hydroxyl groups is 2. The van der Waals surface area contributed by atoms with Gasteiger partial charge >= 0.3 is 5.69 Å². The number of carbonyl (C=O) groups excluding carboxylic acids is 1.